The van der Waals surface area contributed by atoms with Crippen LogP contribution in [0.15, 0.2) is 6.07 Å². The van der Waals surface area contributed by atoms with Crippen LogP contribution < -0.4 is 21.2 Å². The molecular formula is C6H9ClO12P4. The van der Waals surface area contributed by atoms with Crippen LogP contribution in [-0.2, 0) is 18.3 Å². The standard InChI is InChI=1S/C6H9ClO12P4/c7-4-2(20(8,9)10)1-3(21(11,12)13)5(22(14,15)16)6(4)23(17,18)19/h1H,(H2,8,9,10)(H2,11,12,13)(H2,14,15,16)(H2,17,18,19). The van der Waals surface area contributed by atoms with Crippen molar-refractivity contribution in [2.45, 2.75) is 0 Å². The average Bonchev–Trinajstić information content (AvgIpc) is 2.21. The molecule has 12 nitrogen and oxygen atoms in total. The third-order valence-corrected chi connectivity index (χ3v) is 7.43. The Morgan fingerprint density at radius 2 is 0.957 bits per heavy atom. The van der Waals surface area contributed by atoms with Crippen molar-refractivity contribution in [1.29, 1.82) is 0 Å². The zero-order valence-corrected chi connectivity index (χ0v) is 14.8. The zero-order valence-electron chi connectivity index (χ0n) is 10.5. The number of hydrogen-bond acceptors (Lipinski definition) is 4. The van der Waals surface area contributed by atoms with E-state index in [1.807, 2.05) is 0 Å². The zero-order chi connectivity index (χ0) is 18.6. The minimum Gasteiger partial charge on any atom is -0.321 e. The van der Waals surface area contributed by atoms with Gasteiger partial charge in [-0.25, -0.2) is 0 Å². The first-order chi connectivity index (χ1) is 9.88. The predicted octanol–water partition coefficient (Wildman–Crippen LogP) is -2.45. The number of rotatable bonds is 4. The van der Waals surface area contributed by atoms with Crippen molar-refractivity contribution in [3.63, 3.8) is 0 Å². The van der Waals surface area contributed by atoms with Crippen LogP contribution in [0.25, 0.3) is 0 Å². The van der Waals surface area contributed by atoms with Crippen molar-refractivity contribution in [1.82, 2.24) is 0 Å². The third kappa shape index (κ3) is 4.60. The Bertz CT molecular complexity index is 838. The SMILES string of the molecule is O=P(O)(O)c1cc(P(=O)(O)O)c(P(=O)(O)O)c(P(=O)(O)O)c1Cl. The second-order valence-corrected chi connectivity index (χ2v) is 10.7. The van der Waals surface area contributed by atoms with E-state index in [9.17, 15) is 28.0 Å². The first-order valence-corrected chi connectivity index (χ1v) is 11.8. The second-order valence-electron chi connectivity index (χ2n) is 4.10. The van der Waals surface area contributed by atoms with E-state index in [2.05, 4.69) is 0 Å². The lowest BCUT2D eigenvalue weighted by molar-refractivity contribution is 0.379. The molecule has 0 radical (unpaired) electrons. The molecule has 0 fully saturated rings. The molecule has 0 aliphatic heterocycles. The number of hydrogen-bond donors (Lipinski definition) is 8. The Labute approximate surface area is 132 Å². The molecule has 0 bridgehead atoms. The molecule has 1 rings (SSSR count). The van der Waals surface area contributed by atoms with Crippen molar-refractivity contribution in [3.8, 4) is 0 Å². The molecule has 0 saturated heterocycles. The minimum atomic E-state index is -5.71. The van der Waals surface area contributed by atoms with Crippen LogP contribution in [0.1, 0.15) is 0 Å². The molecule has 0 unspecified atom stereocenters. The molecule has 0 atom stereocenters. The lowest BCUT2D eigenvalue weighted by atomic mass is 10.3. The van der Waals surface area contributed by atoms with Gasteiger partial charge in [0, 0.05) is 0 Å². The number of halogens is 1. The first kappa shape index (κ1) is 21.2. The Kier molecular flexibility index (Phi) is 5.63. The highest BCUT2D eigenvalue weighted by Crippen LogP contribution is 2.47. The van der Waals surface area contributed by atoms with Crippen LogP contribution in [0.4, 0.5) is 0 Å². The molecule has 8 N–H and O–H groups in total. The van der Waals surface area contributed by atoms with E-state index in [0.29, 0.717) is 0 Å². The summed E-state index contributed by atoms with van der Waals surface area (Å²) >= 11 is 5.43. The van der Waals surface area contributed by atoms with E-state index in [-0.39, 0.29) is 6.07 Å². The van der Waals surface area contributed by atoms with Gasteiger partial charge in [0.25, 0.3) is 0 Å². The van der Waals surface area contributed by atoms with Crippen molar-refractivity contribution in [2.24, 2.45) is 0 Å². The summed E-state index contributed by atoms with van der Waals surface area (Å²) in [6.45, 7) is 0. The third-order valence-electron chi connectivity index (χ3n) is 2.38. The molecule has 23 heavy (non-hydrogen) atoms. The topological polar surface area (TPSA) is 230 Å². The molecule has 1 aromatic carbocycles. The van der Waals surface area contributed by atoms with E-state index in [1.54, 1.807) is 0 Å². The van der Waals surface area contributed by atoms with Crippen LogP contribution >= 0.6 is 42.0 Å². The van der Waals surface area contributed by atoms with Crippen LogP contribution in [0.5, 0.6) is 0 Å². The van der Waals surface area contributed by atoms with E-state index >= 15 is 0 Å². The minimum absolute atomic E-state index is 0.0114. The van der Waals surface area contributed by atoms with Crippen LogP contribution in [0.3, 0.4) is 0 Å². The molecule has 0 spiro atoms. The van der Waals surface area contributed by atoms with Gasteiger partial charge in [-0.05, 0) is 6.07 Å². The lowest BCUT2D eigenvalue weighted by Crippen LogP contribution is -2.41. The molecule has 17 heteroatoms. The highest BCUT2D eigenvalue weighted by Gasteiger charge is 2.43. The van der Waals surface area contributed by atoms with Gasteiger partial charge in [-0.2, -0.15) is 0 Å². The van der Waals surface area contributed by atoms with Gasteiger partial charge in [0.2, 0.25) is 0 Å². The van der Waals surface area contributed by atoms with Crippen LogP contribution in [0.2, 0.25) is 5.02 Å². The molecule has 0 saturated carbocycles. The molecule has 0 aromatic heterocycles. The van der Waals surface area contributed by atoms with E-state index in [0.717, 1.165) is 0 Å². The maximum Gasteiger partial charge on any atom is 0.358 e. The summed E-state index contributed by atoms with van der Waals surface area (Å²) in [7, 11) is -22.4. The number of benzene rings is 1. The summed E-state index contributed by atoms with van der Waals surface area (Å²) in [5, 5.41) is -7.98. The summed E-state index contributed by atoms with van der Waals surface area (Å²) in [6.07, 6.45) is 0. The van der Waals surface area contributed by atoms with E-state index < -0.39 is 56.6 Å². The predicted molar refractivity (Wildman–Crippen MR) is 78.2 cm³/mol. The fraction of sp³-hybridized carbons (Fsp3) is 0. The Morgan fingerprint density at radius 1 is 0.609 bits per heavy atom. The first-order valence-electron chi connectivity index (χ1n) is 4.99. The monoisotopic (exact) mass is 432 g/mol. The maximum atomic E-state index is 11.4. The fourth-order valence-corrected chi connectivity index (χ4v) is 7.18. The molecular weight excluding hydrogens is 423 g/mol. The Hall–Kier alpha value is 0.110. The average molecular weight is 432 g/mol. The largest absolute Gasteiger partial charge is 0.358 e. The van der Waals surface area contributed by atoms with Crippen LogP contribution in [-0.4, -0.2) is 39.1 Å². The quantitative estimate of drug-likeness (QED) is 0.232. The second kappa shape index (κ2) is 6.12. The van der Waals surface area contributed by atoms with Crippen molar-refractivity contribution >= 4 is 63.2 Å². The summed E-state index contributed by atoms with van der Waals surface area (Å²) in [4.78, 5) is 73.1. The van der Waals surface area contributed by atoms with Crippen molar-refractivity contribution in [3.05, 3.63) is 11.1 Å². The van der Waals surface area contributed by atoms with Crippen molar-refractivity contribution < 1.29 is 57.4 Å². The highest BCUT2D eigenvalue weighted by molar-refractivity contribution is 7.71. The summed E-state index contributed by atoms with van der Waals surface area (Å²) in [6, 6.07) is 0.0114. The van der Waals surface area contributed by atoms with E-state index in [4.69, 9.17) is 41.0 Å². The van der Waals surface area contributed by atoms with Crippen molar-refractivity contribution in [2.75, 3.05) is 0 Å². The summed E-state index contributed by atoms with van der Waals surface area (Å²) < 4.78 is 45.5. The highest BCUT2D eigenvalue weighted by atomic mass is 35.5. The van der Waals surface area contributed by atoms with E-state index in [1.165, 1.54) is 0 Å². The van der Waals surface area contributed by atoms with Crippen LogP contribution in [0, 0.1) is 0 Å². The lowest BCUT2D eigenvalue weighted by Gasteiger charge is -2.21. The van der Waals surface area contributed by atoms with Gasteiger partial charge in [-0.15, -0.1) is 0 Å². The summed E-state index contributed by atoms with van der Waals surface area (Å²) in [5.74, 6) is 0. The molecule has 0 heterocycles. The fourth-order valence-electron chi connectivity index (χ4n) is 1.59. The van der Waals surface area contributed by atoms with Gasteiger partial charge < -0.3 is 39.1 Å². The molecule has 0 amide bonds. The maximum absolute atomic E-state index is 11.4. The van der Waals surface area contributed by atoms with Gasteiger partial charge in [0.05, 0.1) is 26.2 Å². The van der Waals surface area contributed by atoms with Gasteiger partial charge >= 0.3 is 30.4 Å². The van der Waals surface area contributed by atoms with Gasteiger partial charge in [-0.3, -0.25) is 18.3 Å². The molecule has 132 valence electrons. The van der Waals surface area contributed by atoms with Gasteiger partial charge in [0.1, 0.15) is 0 Å². The normalized spacial score (nSPS) is 14.1. The molecule has 0 aliphatic rings. The molecule has 1 aromatic rings. The smallest absolute Gasteiger partial charge is 0.321 e. The molecule has 0 aliphatic carbocycles. The Morgan fingerprint density at radius 3 is 1.22 bits per heavy atom. The van der Waals surface area contributed by atoms with Gasteiger partial charge in [-0.1, -0.05) is 11.6 Å². The Balaban J connectivity index is 4.31. The van der Waals surface area contributed by atoms with Gasteiger partial charge in [0.15, 0.2) is 0 Å². The summed E-state index contributed by atoms with van der Waals surface area (Å²) in [5.41, 5.74) is 0.